The summed E-state index contributed by atoms with van der Waals surface area (Å²) in [5, 5.41) is 8.36. The van der Waals surface area contributed by atoms with Crippen molar-refractivity contribution < 1.29 is 22.7 Å². The maximum Gasteiger partial charge on any atom is 0.419 e. The normalized spacial score (nSPS) is 13.8. The minimum Gasteiger partial charge on any atom is -0.461 e. The van der Waals surface area contributed by atoms with Crippen LogP contribution < -0.4 is 4.74 Å². The smallest absolute Gasteiger partial charge is 0.419 e. The van der Waals surface area contributed by atoms with Crippen LogP contribution in [0, 0.1) is 0 Å². The van der Waals surface area contributed by atoms with Gasteiger partial charge in [0.25, 0.3) is 5.91 Å². The third-order valence-electron chi connectivity index (χ3n) is 4.87. The van der Waals surface area contributed by atoms with Crippen molar-refractivity contribution in [2.45, 2.75) is 46.3 Å². The Morgan fingerprint density at radius 3 is 2.33 bits per heavy atom. The summed E-state index contributed by atoms with van der Waals surface area (Å²) in [4.78, 5) is 23.7. The Morgan fingerprint density at radius 2 is 1.85 bits per heavy atom. The summed E-state index contributed by atoms with van der Waals surface area (Å²) in [6.07, 6.45) is 3.63. The highest BCUT2D eigenvalue weighted by atomic mass is 19.4. The number of rotatable bonds is 10. The fraction of sp³-hybridized carbons (Fsp3) is 0.409. The van der Waals surface area contributed by atoms with Gasteiger partial charge in [-0.1, -0.05) is 19.6 Å². The molecule has 1 atom stereocenters. The first-order chi connectivity index (χ1) is 15.6. The summed E-state index contributed by atoms with van der Waals surface area (Å²) < 4.78 is 43.5. The van der Waals surface area contributed by atoms with Crippen LogP contribution in [0.2, 0.25) is 0 Å². The number of amides is 1. The number of nitrogens with zero attached hydrogens (tertiary/aromatic N) is 6. The molecular formula is C22H27F3N6O2. The maximum atomic E-state index is 13.5. The molecule has 33 heavy (non-hydrogen) atoms. The summed E-state index contributed by atoms with van der Waals surface area (Å²) in [6.45, 7) is 11.5. The van der Waals surface area contributed by atoms with Crippen LogP contribution in [0.1, 0.15) is 39.7 Å². The van der Waals surface area contributed by atoms with E-state index in [9.17, 15) is 18.0 Å². The highest BCUT2D eigenvalue weighted by Crippen LogP contribution is 2.28. The number of allylic oxidation sites excluding steroid dienone is 3. The number of hydrogen-bond acceptors (Lipinski definition) is 6. The zero-order chi connectivity index (χ0) is 24.6. The van der Waals surface area contributed by atoms with Crippen molar-refractivity contribution in [1.29, 1.82) is 0 Å². The summed E-state index contributed by atoms with van der Waals surface area (Å²) in [6, 6.07) is -0.640. The SMILES string of the molecule is C=C/C=C(C(=O)N(CC)[C@@H](C)COc1ncc(C(F)(F)F)cn1)\C(=C(\C)CC)n1nccn1. The van der Waals surface area contributed by atoms with Crippen molar-refractivity contribution in [3.8, 4) is 6.01 Å². The number of carbonyl (C=O) groups excluding carboxylic acids is 1. The number of likely N-dealkylation sites (N-methyl/N-ethyl adjacent to an activating group) is 1. The summed E-state index contributed by atoms with van der Waals surface area (Å²) in [5.41, 5.74) is 0.862. The third-order valence-corrected chi connectivity index (χ3v) is 4.87. The third kappa shape index (κ3) is 6.50. The second-order valence-electron chi connectivity index (χ2n) is 7.12. The largest absolute Gasteiger partial charge is 0.461 e. The highest BCUT2D eigenvalue weighted by Gasteiger charge is 2.31. The van der Waals surface area contributed by atoms with Gasteiger partial charge in [0.05, 0.1) is 35.3 Å². The fourth-order valence-corrected chi connectivity index (χ4v) is 3.01. The van der Waals surface area contributed by atoms with Gasteiger partial charge in [-0.3, -0.25) is 4.79 Å². The molecule has 0 spiro atoms. The van der Waals surface area contributed by atoms with Crippen LogP contribution in [0.5, 0.6) is 6.01 Å². The molecule has 1 amide bonds. The zero-order valence-electron chi connectivity index (χ0n) is 19.0. The number of carbonyl (C=O) groups is 1. The Hall–Kier alpha value is -3.50. The molecule has 0 aliphatic rings. The van der Waals surface area contributed by atoms with Crippen molar-refractivity contribution >= 4 is 11.6 Å². The van der Waals surface area contributed by atoms with E-state index in [2.05, 4.69) is 26.7 Å². The predicted octanol–water partition coefficient (Wildman–Crippen LogP) is 4.16. The van der Waals surface area contributed by atoms with Crippen LogP contribution in [0.25, 0.3) is 5.70 Å². The molecule has 0 aliphatic carbocycles. The van der Waals surface area contributed by atoms with E-state index in [1.54, 1.807) is 17.9 Å². The van der Waals surface area contributed by atoms with Gasteiger partial charge < -0.3 is 9.64 Å². The fourth-order valence-electron chi connectivity index (χ4n) is 3.01. The van der Waals surface area contributed by atoms with Gasteiger partial charge in [0, 0.05) is 18.9 Å². The monoisotopic (exact) mass is 464 g/mol. The maximum absolute atomic E-state index is 13.5. The second-order valence-corrected chi connectivity index (χ2v) is 7.12. The van der Waals surface area contributed by atoms with Crippen LogP contribution in [0.3, 0.4) is 0 Å². The summed E-state index contributed by atoms with van der Waals surface area (Å²) in [7, 11) is 0. The van der Waals surface area contributed by atoms with Gasteiger partial charge in [-0.05, 0) is 38.8 Å². The molecule has 2 heterocycles. The van der Waals surface area contributed by atoms with E-state index in [-0.39, 0.29) is 18.5 Å². The molecule has 2 rings (SSSR count). The molecule has 0 fully saturated rings. The Morgan fingerprint density at radius 1 is 1.24 bits per heavy atom. The molecule has 0 bridgehead atoms. The molecule has 8 nitrogen and oxygen atoms in total. The molecular weight excluding hydrogens is 437 g/mol. The first kappa shape index (κ1) is 25.8. The van der Waals surface area contributed by atoms with Gasteiger partial charge in [0.1, 0.15) is 6.61 Å². The van der Waals surface area contributed by atoms with E-state index in [1.165, 1.54) is 23.3 Å². The Kier molecular flexibility index (Phi) is 8.89. The van der Waals surface area contributed by atoms with Crippen LogP contribution in [-0.4, -0.2) is 55.0 Å². The first-order valence-electron chi connectivity index (χ1n) is 10.4. The molecule has 0 N–H and O–H groups in total. The molecule has 2 aromatic rings. The molecule has 0 aromatic carbocycles. The highest BCUT2D eigenvalue weighted by molar-refractivity contribution is 6.06. The lowest BCUT2D eigenvalue weighted by Crippen LogP contribution is -2.43. The lowest BCUT2D eigenvalue weighted by Gasteiger charge is -2.29. The van der Waals surface area contributed by atoms with Crippen LogP contribution in [0.4, 0.5) is 13.2 Å². The Balaban J connectivity index is 2.23. The number of aromatic nitrogens is 5. The summed E-state index contributed by atoms with van der Waals surface area (Å²) in [5.74, 6) is -0.290. The second kappa shape index (κ2) is 11.4. The van der Waals surface area contributed by atoms with Gasteiger partial charge in [0.15, 0.2) is 0 Å². The van der Waals surface area contributed by atoms with Crippen LogP contribution >= 0.6 is 0 Å². The standard InChI is InChI=1S/C22H27F3N6O2/c1-6-9-18(19(15(4)7-2)31-28-10-11-29-31)20(32)30(8-3)16(5)14-33-21-26-12-17(13-27-21)22(23,24)25/h6,9-13,16H,1,7-8,14H2,2-5H3/b18-9+,19-15+/t16-/m0/s1. The average Bonchev–Trinajstić information content (AvgIpc) is 3.31. The van der Waals surface area contributed by atoms with Gasteiger partial charge in [0.2, 0.25) is 0 Å². The lowest BCUT2D eigenvalue weighted by molar-refractivity contribution is -0.138. The Labute approximate surface area is 190 Å². The van der Waals surface area contributed by atoms with Crippen molar-refractivity contribution in [3.05, 3.63) is 60.2 Å². The van der Waals surface area contributed by atoms with Crippen LogP contribution in [-0.2, 0) is 11.0 Å². The van der Waals surface area contributed by atoms with Gasteiger partial charge in [-0.15, -0.1) is 0 Å². The van der Waals surface area contributed by atoms with Gasteiger partial charge in [-0.2, -0.15) is 28.2 Å². The first-order valence-corrected chi connectivity index (χ1v) is 10.4. The van der Waals surface area contributed by atoms with Crippen molar-refractivity contribution in [2.24, 2.45) is 0 Å². The minimum absolute atomic E-state index is 0.0157. The van der Waals surface area contributed by atoms with Crippen molar-refractivity contribution in [1.82, 2.24) is 29.9 Å². The quantitative estimate of drug-likeness (QED) is 0.388. The van der Waals surface area contributed by atoms with Gasteiger partial charge >= 0.3 is 12.2 Å². The molecule has 178 valence electrons. The number of ether oxygens (including phenoxy) is 1. The molecule has 11 heteroatoms. The Bertz CT molecular complexity index is 998. The molecule has 0 saturated heterocycles. The van der Waals surface area contributed by atoms with Crippen molar-refractivity contribution in [2.75, 3.05) is 13.2 Å². The molecule has 0 aliphatic heterocycles. The molecule has 0 unspecified atom stereocenters. The minimum atomic E-state index is -4.53. The number of alkyl halides is 3. The van der Waals surface area contributed by atoms with E-state index in [0.29, 0.717) is 36.6 Å². The van der Waals surface area contributed by atoms with E-state index in [0.717, 1.165) is 5.57 Å². The van der Waals surface area contributed by atoms with E-state index in [4.69, 9.17) is 4.74 Å². The predicted molar refractivity (Wildman–Crippen MR) is 117 cm³/mol. The molecule has 0 saturated carbocycles. The molecule has 2 aromatic heterocycles. The lowest BCUT2D eigenvalue weighted by atomic mass is 10.0. The number of halogens is 3. The van der Waals surface area contributed by atoms with E-state index >= 15 is 0 Å². The topological polar surface area (TPSA) is 86.0 Å². The zero-order valence-corrected chi connectivity index (χ0v) is 19.0. The number of hydrogen-bond donors (Lipinski definition) is 0. The average molecular weight is 464 g/mol. The van der Waals surface area contributed by atoms with Gasteiger partial charge in [-0.25, -0.2) is 9.97 Å². The van der Waals surface area contributed by atoms with E-state index < -0.39 is 17.8 Å². The molecule has 0 radical (unpaired) electrons. The van der Waals surface area contributed by atoms with Crippen molar-refractivity contribution in [3.63, 3.8) is 0 Å². The van der Waals surface area contributed by atoms with Crippen LogP contribution in [0.15, 0.2) is 54.7 Å². The van der Waals surface area contributed by atoms with E-state index in [1.807, 2.05) is 20.8 Å². The summed E-state index contributed by atoms with van der Waals surface area (Å²) >= 11 is 0.